The molecular formula is C13H18ClN3O6S. The third kappa shape index (κ3) is 3.27. The van der Waals surface area contributed by atoms with Gasteiger partial charge in [-0.25, -0.2) is 8.42 Å². The Morgan fingerprint density at radius 2 is 1.92 bits per heavy atom. The first-order valence-electron chi connectivity index (χ1n) is 7.21. The molecule has 0 spiro atoms. The third-order valence-electron chi connectivity index (χ3n) is 4.02. The maximum Gasteiger partial charge on any atom is 0.293 e. The highest BCUT2D eigenvalue weighted by Crippen LogP contribution is 2.40. The van der Waals surface area contributed by atoms with Gasteiger partial charge < -0.3 is 15.2 Å². The van der Waals surface area contributed by atoms with E-state index < -0.39 is 20.6 Å². The van der Waals surface area contributed by atoms with Gasteiger partial charge in [0.05, 0.1) is 11.0 Å². The van der Waals surface area contributed by atoms with Crippen LogP contribution >= 0.6 is 12.4 Å². The summed E-state index contributed by atoms with van der Waals surface area (Å²) in [5, 5.41) is 11.3. The van der Waals surface area contributed by atoms with Gasteiger partial charge in [-0.1, -0.05) is 0 Å². The van der Waals surface area contributed by atoms with E-state index in [2.05, 4.69) is 0 Å². The molecule has 1 atom stereocenters. The predicted octanol–water partition coefficient (Wildman–Crippen LogP) is 0.757. The van der Waals surface area contributed by atoms with Gasteiger partial charge in [-0.15, -0.1) is 12.4 Å². The fraction of sp³-hybridized carbons (Fsp3) is 0.538. The van der Waals surface area contributed by atoms with Crippen molar-refractivity contribution in [3.8, 4) is 11.5 Å². The number of ether oxygens (including phenoxy) is 2. The lowest BCUT2D eigenvalue weighted by Gasteiger charge is -2.21. The SMILES string of the molecule is Cl.NCC1CCN(S(=O)(=O)c2cc3c(cc2[N+](=O)[O-])OCCO3)C1. The zero-order chi connectivity index (χ0) is 16.6. The largest absolute Gasteiger partial charge is 0.486 e. The van der Waals surface area contributed by atoms with Gasteiger partial charge in [-0.2, -0.15) is 4.31 Å². The van der Waals surface area contributed by atoms with Gasteiger partial charge in [0.25, 0.3) is 5.69 Å². The molecule has 24 heavy (non-hydrogen) atoms. The van der Waals surface area contributed by atoms with Crippen molar-refractivity contribution < 1.29 is 22.8 Å². The molecule has 2 N–H and O–H groups in total. The van der Waals surface area contributed by atoms with E-state index >= 15 is 0 Å². The Morgan fingerprint density at radius 3 is 2.46 bits per heavy atom. The number of hydrogen-bond donors (Lipinski definition) is 1. The van der Waals surface area contributed by atoms with E-state index in [1.165, 1.54) is 10.4 Å². The summed E-state index contributed by atoms with van der Waals surface area (Å²) in [5.41, 5.74) is 5.07. The fourth-order valence-electron chi connectivity index (χ4n) is 2.76. The van der Waals surface area contributed by atoms with E-state index in [1.54, 1.807) is 0 Å². The summed E-state index contributed by atoms with van der Waals surface area (Å²) in [6.45, 7) is 1.49. The highest BCUT2D eigenvalue weighted by molar-refractivity contribution is 7.89. The highest BCUT2D eigenvalue weighted by atomic mass is 35.5. The molecule has 1 fully saturated rings. The number of nitro groups is 1. The molecule has 1 aromatic carbocycles. The Bertz CT molecular complexity index is 741. The minimum Gasteiger partial charge on any atom is -0.486 e. The average Bonchev–Trinajstić information content (AvgIpc) is 3.03. The van der Waals surface area contributed by atoms with Crippen molar-refractivity contribution in [1.29, 1.82) is 0 Å². The second-order valence-electron chi connectivity index (χ2n) is 5.47. The van der Waals surface area contributed by atoms with Crippen molar-refractivity contribution in [2.24, 2.45) is 11.7 Å². The Labute approximate surface area is 145 Å². The van der Waals surface area contributed by atoms with Crippen molar-refractivity contribution in [2.45, 2.75) is 11.3 Å². The number of halogens is 1. The summed E-state index contributed by atoms with van der Waals surface area (Å²) in [7, 11) is -3.99. The van der Waals surface area contributed by atoms with E-state index in [0.29, 0.717) is 19.5 Å². The molecule has 0 aromatic heterocycles. The van der Waals surface area contributed by atoms with Gasteiger partial charge in [-0.05, 0) is 18.9 Å². The summed E-state index contributed by atoms with van der Waals surface area (Å²) in [5.74, 6) is 0.458. The van der Waals surface area contributed by atoms with Crippen LogP contribution in [0.25, 0.3) is 0 Å². The lowest BCUT2D eigenvalue weighted by molar-refractivity contribution is -0.388. The molecule has 0 saturated carbocycles. The summed E-state index contributed by atoms with van der Waals surface area (Å²) in [6.07, 6.45) is 0.647. The number of hydrogen-bond acceptors (Lipinski definition) is 7. The predicted molar refractivity (Wildman–Crippen MR) is 87.3 cm³/mol. The van der Waals surface area contributed by atoms with Crippen LogP contribution in [0, 0.1) is 16.0 Å². The minimum atomic E-state index is -3.99. The summed E-state index contributed by atoms with van der Waals surface area (Å²) in [6, 6.07) is 2.29. The maximum absolute atomic E-state index is 12.8. The molecule has 11 heteroatoms. The molecule has 0 bridgehead atoms. The Morgan fingerprint density at radius 1 is 1.29 bits per heavy atom. The van der Waals surface area contributed by atoms with Gasteiger partial charge in [0, 0.05) is 19.2 Å². The van der Waals surface area contributed by atoms with E-state index in [4.69, 9.17) is 15.2 Å². The zero-order valence-electron chi connectivity index (χ0n) is 12.7. The molecule has 0 aliphatic carbocycles. The van der Waals surface area contributed by atoms with Gasteiger partial charge in [-0.3, -0.25) is 10.1 Å². The van der Waals surface area contributed by atoms with E-state index in [1.807, 2.05) is 0 Å². The van der Waals surface area contributed by atoms with Crippen molar-refractivity contribution in [3.05, 3.63) is 22.2 Å². The van der Waals surface area contributed by atoms with Crippen LogP contribution in [0.3, 0.4) is 0 Å². The third-order valence-corrected chi connectivity index (χ3v) is 5.91. The monoisotopic (exact) mass is 379 g/mol. The zero-order valence-corrected chi connectivity index (χ0v) is 14.3. The lowest BCUT2D eigenvalue weighted by atomic mass is 10.1. The van der Waals surface area contributed by atoms with Crippen molar-refractivity contribution in [3.63, 3.8) is 0 Å². The molecule has 9 nitrogen and oxygen atoms in total. The number of sulfonamides is 1. The van der Waals surface area contributed by atoms with Crippen LogP contribution in [0.5, 0.6) is 11.5 Å². The van der Waals surface area contributed by atoms with Crippen LogP contribution in [-0.2, 0) is 10.0 Å². The molecule has 134 valence electrons. The first kappa shape index (κ1) is 18.7. The van der Waals surface area contributed by atoms with Crippen molar-refractivity contribution in [1.82, 2.24) is 4.31 Å². The smallest absolute Gasteiger partial charge is 0.293 e. The molecular weight excluding hydrogens is 362 g/mol. The van der Waals surface area contributed by atoms with Gasteiger partial charge in [0.1, 0.15) is 13.2 Å². The summed E-state index contributed by atoms with van der Waals surface area (Å²) < 4.78 is 37.5. The van der Waals surface area contributed by atoms with Crippen molar-refractivity contribution >= 4 is 28.1 Å². The highest BCUT2D eigenvalue weighted by Gasteiger charge is 2.37. The van der Waals surface area contributed by atoms with Crippen molar-refractivity contribution in [2.75, 3.05) is 32.8 Å². The lowest BCUT2D eigenvalue weighted by Crippen LogP contribution is -2.30. The summed E-state index contributed by atoms with van der Waals surface area (Å²) in [4.78, 5) is 10.2. The van der Waals surface area contributed by atoms with Gasteiger partial charge >= 0.3 is 0 Å². The second-order valence-corrected chi connectivity index (χ2v) is 7.38. The quantitative estimate of drug-likeness (QED) is 0.604. The Balaban J connectivity index is 0.00000208. The first-order chi connectivity index (χ1) is 10.9. The molecule has 2 aliphatic heterocycles. The summed E-state index contributed by atoms with van der Waals surface area (Å²) >= 11 is 0. The van der Waals surface area contributed by atoms with E-state index in [0.717, 1.165) is 6.07 Å². The van der Waals surface area contributed by atoms with E-state index in [9.17, 15) is 18.5 Å². The van der Waals surface area contributed by atoms with Gasteiger partial charge in [0.15, 0.2) is 16.4 Å². The Kier molecular flexibility index (Phi) is 5.53. The van der Waals surface area contributed by atoms with Crippen LogP contribution in [0.15, 0.2) is 17.0 Å². The van der Waals surface area contributed by atoms with Gasteiger partial charge in [0.2, 0.25) is 10.0 Å². The number of fused-ring (bicyclic) bond motifs is 1. The normalized spacial score (nSPS) is 20.5. The number of benzene rings is 1. The van der Waals surface area contributed by atoms with Crippen LogP contribution in [-0.4, -0.2) is 50.5 Å². The number of nitrogens with zero attached hydrogens (tertiary/aromatic N) is 2. The minimum absolute atomic E-state index is 0. The van der Waals surface area contributed by atoms with Crippen LogP contribution < -0.4 is 15.2 Å². The number of rotatable bonds is 4. The molecule has 1 saturated heterocycles. The fourth-order valence-corrected chi connectivity index (χ4v) is 4.44. The average molecular weight is 380 g/mol. The molecule has 2 aliphatic rings. The van der Waals surface area contributed by atoms with Crippen LogP contribution in [0.4, 0.5) is 5.69 Å². The first-order valence-corrected chi connectivity index (χ1v) is 8.65. The molecule has 1 aromatic rings. The second kappa shape index (κ2) is 7.09. The Hall–Kier alpha value is -1.62. The number of nitro benzene ring substituents is 1. The van der Waals surface area contributed by atoms with E-state index in [-0.39, 0.29) is 54.5 Å². The molecule has 0 radical (unpaired) electrons. The van der Waals surface area contributed by atoms with Crippen LogP contribution in [0.2, 0.25) is 0 Å². The topological polar surface area (TPSA) is 125 Å². The maximum atomic E-state index is 12.8. The standard InChI is InChI=1S/C13H17N3O6S.ClH/c14-7-9-1-2-15(8-9)23(19,20)13-6-12-11(21-3-4-22-12)5-10(13)16(17)18;/h5-6,9H,1-4,7-8,14H2;1H. The molecule has 2 heterocycles. The molecule has 3 rings (SSSR count). The number of nitrogens with two attached hydrogens (primary N) is 1. The van der Waals surface area contributed by atoms with Crippen LogP contribution in [0.1, 0.15) is 6.42 Å². The molecule has 1 unspecified atom stereocenters. The molecule has 0 amide bonds.